The predicted molar refractivity (Wildman–Crippen MR) is 131 cm³/mol. The Morgan fingerprint density at radius 2 is 1.83 bits per heavy atom. The third-order valence-electron chi connectivity index (χ3n) is 6.45. The molecule has 9 heteroatoms. The van der Waals surface area contributed by atoms with E-state index in [1.807, 2.05) is 6.92 Å². The molecule has 36 heavy (non-hydrogen) atoms. The Balaban J connectivity index is 1.68. The number of likely N-dealkylation sites (tertiary alicyclic amines) is 1. The fourth-order valence-electron chi connectivity index (χ4n) is 4.63. The number of hydrogen-bond donors (Lipinski definition) is 1. The monoisotopic (exact) mass is 498 g/mol. The molecule has 2 saturated heterocycles. The van der Waals surface area contributed by atoms with Crippen molar-refractivity contribution in [1.82, 2.24) is 9.80 Å². The number of Topliss-reactive ketones (excluding diaryl/α,β-unsaturated/α-hetero) is 1. The number of hydrogen-bond acceptors (Lipinski definition) is 7. The average molecular weight is 499 g/mol. The Morgan fingerprint density at radius 1 is 1.11 bits per heavy atom. The van der Waals surface area contributed by atoms with Gasteiger partial charge in [0.2, 0.25) is 0 Å². The minimum absolute atomic E-state index is 0.0122. The van der Waals surface area contributed by atoms with E-state index in [9.17, 15) is 19.1 Å². The number of methoxy groups -OCH3 is 1. The number of aliphatic hydroxyl groups excluding tert-OH is 1. The highest BCUT2D eigenvalue weighted by Gasteiger charge is 2.45. The Labute approximate surface area is 209 Å². The Kier molecular flexibility index (Phi) is 8.22. The molecule has 0 aliphatic carbocycles. The summed E-state index contributed by atoms with van der Waals surface area (Å²) in [6.07, 6.45) is 0.651. The predicted octanol–water partition coefficient (Wildman–Crippen LogP) is 3.38. The van der Waals surface area contributed by atoms with Gasteiger partial charge in [-0.25, -0.2) is 4.39 Å². The third kappa shape index (κ3) is 5.37. The second-order valence-corrected chi connectivity index (χ2v) is 8.65. The zero-order valence-corrected chi connectivity index (χ0v) is 20.5. The molecule has 2 aromatic rings. The summed E-state index contributed by atoms with van der Waals surface area (Å²) < 4.78 is 30.2. The van der Waals surface area contributed by atoms with Crippen molar-refractivity contribution in [2.24, 2.45) is 0 Å². The molecule has 2 heterocycles. The van der Waals surface area contributed by atoms with E-state index in [1.165, 1.54) is 24.1 Å². The van der Waals surface area contributed by atoms with Crippen LogP contribution in [-0.4, -0.2) is 79.7 Å². The number of ether oxygens (including phenoxy) is 3. The van der Waals surface area contributed by atoms with Crippen molar-refractivity contribution in [2.75, 3.05) is 53.1 Å². The van der Waals surface area contributed by atoms with E-state index in [-0.39, 0.29) is 16.9 Å². The summed E-state index contributed by atoms with van der Waals surface area (Å²) >= 11 is 0. The maximum Gasteiger partial charge on any atom is 0.295 e. The molecule has 2 aliphatic heterocycles. The number of rotatable bonds is 9. The fraction of sp³-hybridized carbons (Fsp3) is 0.407. The summed E-state index contributed by atoms with van der Waals surface area (Å²) in [5.74, 6) is -1.93. The number of carbonyl (C=O) groups excluding carboxylic acids is 2. The quantitative estimate of drug-likeness (QED) is 0.322. The molecule has 1 atom stereocenters. The van der Waals surface area contributed by atoms with Crippen molar-refractivity contribution in [3.8, 4) is 11.5 Å². The lowest BCUT2D eigenvalue weighted by Gasteiger charge is -2.29. The lowest BCUT2D eigenvalue weighted by molar-refractivity contribution is -0.140. The van der Waals surface area contributed by atoms with Gasteiger partial charge in [0.15, 0.2) is 11.6 Å². The van der Waals surface area contributed by atoms with E-state index in [4.69, 9.17) is 14.2 Å². The van der Waals surface area contributed by atoms with E-state index >= 15 is 0 Å². The van der Waals surface area contributed by atoms with Crippen molar-refractivity contribution >= 4 is 17.4 Å². The Hall–Kier alpha value is -3.43. The first-order chi connectivity index (χ1) is 17.4. The molecule has 0 spiro atoms. The van der Waals surface area contributed by atoms with Crippen LogP contribution in [-0.2, 0) is 14.3 Å². The second kappa shape index (κ2) is 11.5. The minimum atomic E-state index is -0.810. The molecule has 192 valence electrons. The molecule has 0 saturated carbocycles. The summed E-state index contributed by atoms with van der Waals surface area (Å²) in [6, 6.07) is 10.2. The highest BCUT2D eigenvalue weighted by molar-refractivity contribution is 6.46. The topological polar surface area (TPSA) is 88.5 Å². The number of benzene rings is 2. The molecule has 1 amide bonds. The van der Waals surface area contributed by atoms with Crippen LogP contribution < -0.4 is 9.47 Å². The highest BCUT2D eigenvalue weighted by Crippen LogP contribution is 2.40. The van der Waals surface area contributed by atoms with E-state index in [0.29, 0.717) is 44.1 Å². The third-order valence-corrected chi connectivity index (χ3v) is 6.45. The van der Waals surface area contributed by atoms with Crippen LogP contribution in [0.5, 0.6) is 11.5 Å². The number of halogens is 1. The normalized spacial score (nSPS) is 20.1. The number of amides is 1. The molecule has 0 aromatic heterocycles. The smallest absolute Gasteiger partial charge is 0.295 e. The first-order valence-electron chi connectivity index (χ1n) is 12.1. The van der Waals surface area contributed by atoms with Gasteiger partial charge in [0, 0.05) is 31.7 Å². The van der Waals surface area contributed by atoms with Gasteiger partial charge in [0.05, 0.1) is 38.5 Å². The van der Waals surface area contributed by atoms with Crippen molar-refractivity contribution in [1.29, 1.82) is 0 Å². The molecule has 2 aromatic carbocycles. The van der Waals surface area contributed by atoms with Crippen molar-refractivity contribution in [3.05, 3.63) is 65.0 Å². The molecule has 2 fully saturated rings. The van der Waals surface area contributed by atoms with Crippen LogP contribution in [0.4, 0.5) is 4.39 Å². The highest BCUT2D eigenvalue weighted by atomic mass is 19.1. The first-order valence-corrected chi connectivity index (χ1v) is 12.1. The van der Waals surface area contributed by atoms with Gasteiger partial charge in [-0.2, -0.15) is 0 Å². The van der Waals surface area contributed by atoms with Crippen LogP contribution in [0.25, 0.3) is 5.76 Å². The maximum atomic E-state index is 14.4. The maximum absolute atomic E-state index is 14.4. The molecule has 8 nitrogen and oxygen atoms in total. The van der Waals surface area contributed by atoms with Crippen LogP contribution in [0.15, 0.2) is 48.0 Å². The molecule has 4 rings (SSSR count). The van der Waals surface area contributed by atoms with E-state index in [2.05, 4.69) is 4.90 Å². The van der Waals surface area contributed by atoms with Crippen LogP contribution in [0.1, 0.15) is 30.5 Å². The molecule has 0 bridgehead atoms. The summed E-state index contributed by atoms with van der Waals surface area (Å²) in [5.41, 5.74) is 0.676. The Bertz CT molecular complexity index is 1130. The first kappa shape index (κ1) is 25.7. The molecule has 0 radical (unpaired) electrons. The number of aliphatic hydroxyl groups is 1. The van der Waals surface area contributed by atoms with Crippen LogP contribution >= 0.6 is 0 Å². The molecule has 1 N–H and O–H groups in total. The van der Waals surface area contributed by atoms with Crippen LogP contribution in [0.2, 0.25) is 0 Å². The zero-order chi connectivity index (χ0) is 25.7. The molecular formula is C27H31FN2O6. The standard InChI is InChI=1S/C27H31FN2O6/c1-3-36-20-8-5-18(6-9-20)24-23(25(31)19-7-10-22(34-2)21(28)17-19)26(32)27(33)30(24)12-4-11-29-13-15-35-16-14-29/h5-10,17,24,31H,3-4,11-16H2,1-2H3/t24-/m0/s1. The molecular weight excluding hydrogens is 467 g/mol. The van der Waals surface area contributed by atoms with Crippen molar-refractivity contribution < 1.29 is 33.3 Å². The van der Waals surface area contributed by atoms with Gasteiger partial charge >= 0.3 is 0 Å². The van der Waals surface area contributed by atoms with Gasteiger partial charge in [-0.1, -0.05) is 12.1 Å². The lowest BCUT2D eigenvalue weighted by atomic mass is 9.95. The van der Waals surface area contributed by atoms with Crippen LogP contribution in [0, 0.1) is 5.82 Å². The fourth-order valence-corrected chi connectivity index (χ4v) is 4.63. The summed E-state index contributed by atoms with van der Waals surface area (Å²) in [6.45, 7) is 6.46. The van der Waals surface area contributed by atoms with E-state index in [1.54, 1.807) is 24.3 Å². The van der Waals surface area contributed by atoms with Crippen molar-refractivity contribution in [3.63, 3.8) is 0 Å². The lowest BCUT2D eigenvalue weighted by Crippen LogP contribution is -2.38. The van der Waals surface area contributed by atoms with Gasteiger partial charge in [0.1, 0.15) is 11.5 Å². The average Bonchev–Trinajstić information content (AvgIpc) is 3.14. The second-order valence-electron chi connectivity index (χ2n) is 8.65. The van der Waals surface area contributed by atoms with Gasteiger partial charge < -0.3 is 24.2 Å². The van der Waals surface area contributed by atoms with Gasteiger partial charge in [0.25, 0.3) is 11.7 Å². The van der Waals surface area contributed by atoms with E-state index < -0.39 is 29.3 Å². The number of carbonyl (C=O) groups is 2. The Morgan fingerprint density at radius 3 is 2.47 bits per heavy atom. The number of morpholine rings is 1. The van der Waals surface area contributed by atoms with Crippen LogP contribution in [0.3, 0.4) is 0 Å². The van der Waals surface area contributed by atoms with Gasteiger partial charge in [-0.15, -0.1) is 0 Å². The summed E-state index contributed by atoms with van der Waals surface area (Å²) in [4.78, 5) is 30.1. The molecule has 2 aliphatic rings. The molecule has 0 unspecified atom stereocenters. The van der Waals surface area contributed by atoms with Gasteiger partial charge in [-0.05, 0) is 49.2 Å². The van der Waals surface area contributed by atoms with Crippen molar-refractivity contribution in [2.45, 2.75) is 19.4 Å². The summed E-state index contributed by atoms with van der Waals surface area (Å²) in [5, 5.41) is 11.1. The summed E-state index contributed by atoms with van der Waals surface area (Å²) in [7, 11) is 1.34. The minimum Gasteiger partial charge on any atom is -0.507 e. The van der Waals surface area contributed by atoms with E-state index in [0.717, 1.165) is 25.7 Å². The SMILES string of the molecule is CCOc1ccc([C@H]2C(=C(O)c3ccc(OC)c(F)c3)C(=O)C(=O)N2CCCN2CCOCC2)cc1. The number of ketones is 1. The van der Waals surface area contributed by atoms with Gasteiger partial charge in [-0.3, -0.25) is 14.5 Å². The zero-order valence-electron chi connectivity index (χ0n) is 20.5. The largest absolute Gasteiger partial charge is 0.507 e. The number of nitrogens with zero attached hydrogens (tertiary/aromatic N) is 2.